The number of hydrogen-bond acceptors (Lipinski definition) is 5. The maximum Gasteiger partial charge on any atom is 0.306 e. The lowest BCUT2D eigenvalue weighted by Crippen LogP contribution is -2.28. The predicted octanol–water partition coefficient (Wildman–Crippen LogP) is 10.2. The Labute approximate surface area is 268 Å². The zero-order chi connectivity index (χ0) is 32.2. The molecule has 0 aliphatic rings. The first-order valence-corrected chi connectivity index (χ1v) is 16.8. The highest BCUT2D eigenvalue weighted by molar-refractivity contribution is 5.70. The van der Waals surface area contributed by atoms with Gasteiger partial charge in [-0.2, -0.15) is 0 Å². The van der Waals surface area contributed by atoms with Gasteiger partial charge in [-0.05, 0) is 89.9 Å². The molecule has 0 amide bonds. The normalized spacial score (nSPS) is 13.4. The maximum atomic E-state index is 12.1. The lowest BCUT2D eigenvalue weighted by molar-refractivity contribution is -0.161. The minimum absolute atomic E-state index is 0.111. The molecular formula is C39H60O5. The Bertz CT molecular complexity index is 917. The third-order valence-electron chi connectivity index (χ3n) is 6.37. The average molecular weight is 609 g/mol. The lowest BCUT2D eigenvalue weighted by Gasteiger charge is -2.15. The van der Waals surface area contributed by atoms with Crippen LogP contribution in [0.5, 0.6) is 0 Å². The summed E-state index contributed by atoms with van der Waals surface area (Å²) in [6, 6.07) is 0. The van der Waals surface area contributed by atoms with Crippen LogP contribution in [0.2, 0.25) is 0 Å². The zero-order valence-corrected chi connectivity index (χ0v) is 27.6. The van der Waals surface area contributed by atoms with E-state index in [1.807, 2.05) is 0 Å². The summed E-state index contributed by atoms with van der Waals surface area (Å²) in [7, 11) is 0. The Balaban J connectivity index is 3.79. The molecule has 246 valence electrons. The largest absolute Gasteiger partial charge is 0.462 e. The number of aliphatic hydroxyl groups is 1. The van der Waals surface area contributed by atoms with Gasteiger partial charge in [-0.15, -0.1) is 0 Å². The van der Waals surface area contributed by atoms with E-state index in [0.717, 1.165) is 83.5 Å². The SMILES string of the molecule is CC/C=C/C/C=C/C/C=C/C/C=C/CCCCC(=O)OC[C@H](CO)OC(=O)CCCC/C=C/C/C=C/C/C=C/C/C=C/CC. The van der Waals surface area contributed by atoms with Crippen LogP contribution in [0.4, 0.5) is 0 Å². The second kappa shape index (κ2) is 34.3. The first-order valence-electron chi connectivity index (χ1n) is 16.8. The quantitative estimate of drug-likeness (QED) is 0.0543. The highest BCUT2D eigenvalue weighted by Gasteiger charge is 2.15. The minimum Gasteiger partial charge on any atom is -0.462 e. The monoisotopic (exact) mass is 608 g/mol. The molecule has 1 atom stereocenters. The van der Waals surface area contributed by atoms with Crippen LogP contribution in [0, 0.1) is 0 Å². The lowest BCUT2D eigenvalue weighted by atomic mass is 10.1. The van der Waals surface area contributed by atoms with Gasteiger partial charge < -0.3 is 14.6 Å². The van der Waals surface area contributed by atoms with Crippen molar-refractivity contribution in [3.8, 4) is 0 Å². The van der Waals surface area contributed by atoms with E-state index in [1.54, 1.807) is 0 Å². The summed E-state index contributed by atoms with van der Waals surface area (Å²) in [5.41, 5.74) is 0. The van der Waals surface area contributed by atoms with Crippen LogP contribution in [0.15, 0.2) is 97.2 Å². The number of hydrogen-bond donors (Lipinski definition) is 1. The van der Waals surface area contributed by atoms with Gasteiger partial charge in [-0.25, -0.2) is 0 Å². The Morgan fingerprint density at radius 1 is 0.523 bits per heavy atom. The molecule has 0 aliphatic heterocycles. The van der Waals surface area contributed by atoms with Crippen molar-refractivity contribution in [2.45, 2.75) is 123 Å². The molecular weight excluding hydrogens is 548 g/mol. The van der Waals surface area contributed by atoms with Gasteiger partial charge in [0.2, 0.25) is 0 Å². The van der Waals surface area contributed by atoms with Crippen LogP contribution in [-0.4, -0.2) is 36.4 Å². The summed E-state index contributed by atoms with van der Waals surface area (Å²) >= 11 is 0. The van der Waals surface area contributed by atoms with Crippen molar-refractivity contribution >= 4 is 11.9 Å². The van der Waals surface area contributed by atoms with E-state index in [4.69, 9.17) is 9.47 Å². The Kier molecular flexibility index (Phi) is 31.8. The Morgan fingerprint density at radius 3 is 1.27 bits per heavy atom. The highest BCUT2D eigenvalue weighted by Crippen LogP contribution is 2.07. The smallest absolute Gasteiger partial charge is 0.306 e. The van der Waals surface area contributed by atoms with Crippen molar-refractivity contribution < 1.29 is 24.2 Å². The first-order chi connectivity index (χ1) is 21.6. The molecule has 0 aromatic carbocycles. The molecule has 0 unspecified atom stereocenters. The van der Waals surface area contributed by atoms with E-state index in [2.05, 4.69) is 111 Å². The molecule has 0 spiro atoms. The van der Waals surface area contributed by atoms with Gasteiger partial charge in [0.05, 0.1) is 6.61 Å². The maximum absolute atomic E-state index is 12.1. The van der Waals surface area contributed by atoms with Crippen molar-refractivity contribution in [1.82, 2.24) is 0 Å². The summed E-state index contributed by atoms with van der Waals surface area (Å²) in [6.45, 7) is 3.80. The van der Waals surface area contributed by atoms with Crippen molar-refractivity contribution in [2.75, 3.05) is 13.2 Å². The molecule has 0 bridgehead atoms. The van der Waals surface area contributed by atoms with Crippen molar-refractivity contribution in [2.24, 2.45) is 0 Å². The fourth-order valence-electron chi connectivity index (χ4n) is 3.89. The third-order valence-corrected chi connectivity index (χ3v) is 6.37. The van der Waals surface area contributed by atoms with Gasteiger partial charge in [0, 0.05) is 12.8 Å². The van der Waals surface area contributed by atoms with Gasteiger partial charge in [0.25, 0.3) is 0 Å². The molecule has 0 saturated heterocycles. The zero-order valence-electron chi connectivity index (χ0n) is 27.6. The van der Waals surface area contributed by atoms with E-state index in [0.29, 0.717) is 12.8 Å². The molecule has 0 saturated carbocycles. The molecule has 1 N–H and O–H groups in total. The molecule has 5 nitrogen and oxygen atoms in total. The molecule has 0 fully saturated rings. The number of rotatable bonds is 28. The minimum atomic E-state index is -0.815. The number of esters is 2. The van der Waals surface area contributed by atoms with E-state index in [9.17, 15) is 14.7 Å². The van der Waals surface area contributed by atoms with E-state index in [1.165, 1.54) is 0 Å². The van der Waals surface area contributed by atoms with E-state index >= 15 is 0 Å². The molecule has 0 radical (unpaired) electrons. The number of ether oxygens (including phenoxy) is 2. The third kappa shape index (κ3) is 31.7. The van der Waals surface area contributed by atoms with Gasteiger partial charge in [0.1, 0.15) is 6.61 Å². The van der Waals surface area contributed by atoms with Crippen molar-refractivity contribution in [3.63, 3.8) is 0 Å². The molecule has 0 aromatic rings. The number of unbranched alkanes of at least 4 members (excludes halogenated alkanes) is 4. The summed E-state index contributed by atoms with van der Waals surface area (Å²) in [4.78, 5) is 24.1. The predicted molar refractivity (Wildman–Crippen MR) is 186 cm³/mol. The second-order valence-corrected chi connectivity index (χ2v) is 10.5. The van der Waals surface area contributed by atoms with Crippen molar-refractivity contribution in [1.29, 1.82) is 0 Å². The standard InChI is InChI=1S/C39H60O5/c1-3-5-7-9-11-13-15-17-19-21-23-25-27-29-31-33-38(41)43-36-37(35-40)44-39(42)34-32-30-28-26-24-22-20-18-16-14-12-10-8-6-4-2/h5-8,11-14,17-20,23-26,37,40H,3-4,9-10,15-16,21-22,27-36H2,1-2H3/b7-5+,8-6+,13-11+,14-12+,19-17+,20-18+,25-23+,26-24+/t37-/m0/s1. The van der Waals surface area contributed by atoms with Crippen LogP contribution < -0.4 is 0 Å². The summed E-state index contributed by atoms with van der Waals surface area (Å²) in [5, 5.41) is 9.50. The fraction of sp³-hybridized carbons (Fsp3) is 0.538. The fourth-order valence-corrected chi connectivity index (χ4v) is 3.89. The summed E-state index contributed by atoms with van der Waals surface area (Å²) in [6.07, 6.45) is 47.5. The molecule has 0 aromatic heterocycles. The first kappa shape index (κ1) is 40.8. The molecule has 0 rings (SSSR count). The van der Waals surface area contributed by atoms with Gasteiger partial charge in [0.15, 0.2) is 6.10 Å². The van der Waals surface area contributed by atoms with Crippen LogP contribution >= 0.6 is 0 Å². The molecule has 5 heteroatoms. The molecule has 44 heavy (non-hydrogen) atoms. The Hall–Kier alpha value is -3.18. The molecule has 0 heterocycles. The number of carbonyl (C=O) groups is 2. The Morgan fingerprint density at radius 2 is 0.886 bits per heavy atom. The van der Waals surface area contributed by atoms with Crippen LogP contribution in [0.1, 0.15) is 117 Å². The van der Waals surface area contributed by atoms with Gasteiger partial charge in [-0.1, -0.05) is 111 Å². The van der Waals surface area contributed by atoms with Gasteiger partial charge in [-0.3, -0.25) is 9.59 Å². The average Bonchev–Trinajstić information content (AvgIpc) is 3.02. The number of allylic oxidation sites excluding steroid dienone is 16. The summed E-state index contributed by atoms with van der Waals surface area (Å²) < 4.78 is 10.5. The number of carbonyl (C=O) groups excluding carboxylic acids is 2. The van der Waals surface area contributed by atoms with Crippen LogP contribution in [-0.2, 0) is 19.1 Å². The van der Waals surface area contributed by atoms with Crippen molar-refractivity contribution in [3.05, 3.63) is 97.2 Å². The molecule has 0 aliphatic carbocycles. The van der Waals surface area contributed by atoms with Crippen LogP contribution in [0.3, 0.4) is 0 Å². The highest BCUT2D eigenvalue weighted by atomic mass is 16.6. The van der Waals surface area contributed by atoms with E-state index in [-0.39, 0.29) is 31.6 Å². The van der Waals surface area contributed by atoms with Gasteiger partial charge >= 0.3 is 11.9 Å². The second-order valence-electron chi connectivity index (χ2n) is 10.5. The van der Waals surface area contributed by atoms with E-state index < -0.39 is 6.10 Å². The topological polar surface area (TPSA) is 72.8 Å². The number of aliphatic hydroxyl groups excluding tert-OH is 1. The van der Waals surface area contributed by atoms with Crippen LogP contribution in [0.25, 0.3) is 0 Å². The summed E-state index contributed by atoms with van der Waals surface area (Å²) in [5.74, 6) is -0.703.